The average molecular weight is 413 g/mol. The Morgan fingerprint density at radius 2 is 1.35 bits per heavy atom. The maximum atomic E-state index is 12.5. The molecule has 0 N–H and O–H groups in total. The summed E-state index contributed by atoms with van der Waals surface area (Å²) in [6.07, 6.45) is 18.9. The first kappa shape index (κ1) is 18.3. The molecule has 0 aromatic carbocycles. The number of ether oxygens (including phenoxy) is 1. The van der Waals surface area contributed by atoms with Crippen LogP contribution in [0, 0.1) is 0 Å². The number of halogens is 1. The zero-order chi connectivity index (χ0) is 22.1. The summed E-state index contributed by atoms with van der Waals surface area (Å²) in [5.74, 6) is 0. The highest BCUT2D eigenvalue weighted by Gasteiger charge is 2.21. The maximum Gasteiger partial charge on any atom is 0.0916 e. The zero-order valence-corrected chi connectivity index (χ0v) is 17.0. The molecule has 1 unspecified atom stereocenters. The SMILES string of the molecule is [2H]C1=C(C(C)OCCCF)C2=CC3=NC(=CC4=NC(=CC5=NC(=CC1=N2)C=C5)C=C4)C=C3. The second-order valence-corrected chi connectivity index (χ2v) is 7.44. The van der Waals surface area contributed by atoms with Crippen LogP contribution in [0.5, 0.6) is 0 Å². The highest BCUT2D eigenvalue weighted by molar-refractivity contribution is 6.15. The molecular formula is C25H21FN4O. The molecule has 8 bridgehead atoms. The molecule has 0 radical (unpaired) electrons. The monoisotopic (exact) mass is 413 g/mol. The van der Waals surface area contributed by atoms with Gasteiger partial charge in [0.15, 0.2) is 0 Å². The van der Waals surface area contributed by atoms with Crippen LogP contribution in [0.1, 0.15) is 14.7 Å². The molecule has 0 fully saturated rings. The van der Waals surface area contributed by atoms with E-state index < -0.39 is 12.8 Å². The minimum absolute atomic E-state index is 0.280. The predicted molar refractivity (Wildman–Crippen MR) is 124 cm³/mol. The van der Waals surface area contributed by atoms with Crippen molar-refractivity contribution in [1.82, 2.24) is 0 Å². The van der Waals surface area contributed by atoms with Crippen molar-refractivity contribution in [3.63, 3.8) is 0 Å². The summed E-state index contributed by atoms with van der Waals surface area (Å²) in [7, 11) is 0. The molecule has 0 aliphatic carbocycles. The molecule has 5 nitrogen and oxygen atoms in total. The van der Waals surface area contributed by atoms with Gasteiger partial charge in [0.05, 0.1) is 59.8 Å². The molecule has 5 aliphatic rings. The summed E-state index contributed by atoms with van der Waals surface area (Å²) < 4.78 is 27.0. The van der Waals surface area contributed by atoms with Crippen LogP contribution in [0.2, 0.25) is 0 Å². The van der Waals surface area contributed by atoms with Crippen molar-refractivity contribution in [1.29, 1.82) is 0 Å². The highest BCUT2D eigenvalue weighted by Crippen LogP contribution is 2.27. The fraction of sp³-hybridized carbons (Fsp3) is 0.200. The van der Waals surface area contributed by atoms with Crippen molar-refractivity contribution in [3.8, 4) is 0 Å². The van der Waals surface area contributed by atoms with E-state index in [0.717, 1.165) is 28.5 Å². The first-order chi connectivity index (χ1) is 15.6. The third kappa shape index (κ3) is 4.34. The second kappa shape index (κ2) is 8.32. The van der Waals surface area contributed by atoms with E-state index in [-0.39, 0.29) is 12.7 Å². The van der Waals surface area contributed by atoms with Crippen LogP contribution in [0.15, 0.2) is 115 Å². The van der Waals surface area contributed by atoms with Gasteiger partial charge in [0.2, 0.25) is 0 Å². The van der Waals surface area contributed by atoms with Gasteiger partial charge in [-0.3, -0.25) is 4.39 Å². The molecule has 0 saturated carbocycles. The topological polar surface area (TPSA) is 58.7 Å². The Labute approximate surface area is 181 Å². The third-order valence-electron chi connectivity index (χ3n) is 5.04. The van der Waals surface area contributed by atoms with Crippen molar-refractivity contribution < 1.29 is 10.5 Å². The Morgan fingerprint density at radius 3 is 1.94 bits per heavy atom. The number of nitrogens with zero attached hydrogens (tertiary/aromatic N) is 4. The Bertz CT molecular complexity index is 1250. The largest absolute Gasteiger partial charge is 0.374 e. The molecular weight excluding hydrogens is 391 g/mol. The number of rotatable bonds is 5. The van der Waals surface area contributed by atoms with E-state index in [1.807, 2.05) is 61.6 Å². The standard InChI is InChI=1S/C25H21FN4O/c1-16(31-10-2-9-26)24-14-23-13-21-6-5-19(28-21)11-17-3-4-18(27-17)12-20-7-8-22(29-20)15-25(24)30-23/h3-8,11-16H,2,9-10H2,1H3/i14D. The van der Waals surface area contributed by atoms with Crippen LogP contribution in [0.3, 0.4) is 0 Å². The van der Waals surface area contributed by atoms with E-state index in [1.54, 1.807) is 6.08 Å². The van der Waals surface area contributed by atoms with Crippen molar-refractivity contribution in [2.24, 2.45) is 20.0 Å². The van der Waals surface area contributed by atoms with Crippen LogP contribution in [-0.4, -0.2) is 42.2 Å². The number of hydrogen-bond donors (Lipinski definition) is 0. The second-order valence-electron chi connectivity index (χ2n) is 7.44. The van der Waals surface area contributed by atoms with Gasteiger partial charge < -0.3 is 4.74 Å². The lowest BCUT2D eigenvalue weighted by Crippen LogP contribution is -2.13. The molecule has 0 spiro atoms. The first-order valence-corrected chi connectivity index (χ1v) is 10.2. The fourth-order valence-electron chi connectivity index (χ4n) is 3.55. The van der Waals surface area contributed by atoms with Crippen molar-refractivity contribution in [2.75, 3.05) is 13.3 Å². The van der Waals surface area contributed by atoms with Crippen LogP contribution in [0.25, 0.3) is 0 Å². The molecule has 0 saturated heterocycles. The van der Waals surface area contributed by atoms with Gasteiger partial charge in [0.1, 0.15) is 0 Å². The lowest BCUT2D eigenvalue weighted by Gasteiger charge is -2.14. The Balaban J connectivity index is 1.59. The van der Waals surface area contributed by atoms with Gasteiger partial charge in [-0.25, -0.2) is 20.0 Å². The van der Waals surface area contributed by atoms with Gasteiger partial charge in [-0.15, -0.1) is 0 Å². The van der Waals surface area contributed by atoms with Crippen LogP contribution < -0.4 is 0 Å². The van der Waals surface area contributed by atoms with Crippen molar-refractivity contribution in [3.05, 3.63) is 95.2 Å². The van der Waals surface area contributed by atoms with E-state index in [0.29, 0.717) is 29.1 Å². The molecule has 0 aromatic rings. The highest BCUT2D eigenvalue weighted by atomic mass is 19.1. The minimum atomic E-state index is -0.434. The quantitative estimate of drug-likeness (QED) is 0.602. The summed E-state index contributed by atoms with van der Waals surface area (Å²) >= 11 is 0. The summed E-state index contributed by atoms with van der Waals surface area (Å²) in [5.41, 5.74) is 6.46. The first-order valence-electron chi connectivity index (χ1n) is 10.7. The van der Waals surface area contributed by atoms with E-state index in [4.69, 9.17) is 11.1 Å². The van der Waals surface area contributed by atoms with E-state index in [2.05, 4.69) is 15.0 Å². The molecule has 1 atom stereocenters. The number of aliphatic imine (C=N–C) groups is 4. The van der Waals surface area contributed by atoms with Crippen LogP contribution in [0.4, 0.5) is 4.39 Å². The number of fused-ring (bicyclic) bond motifs is 4. The minimum Gasteiger partial charge on any atom is -0.374 e. The summed E-state index contributed by atoms with van der Waals surface area (Å²) in [5, 5.41) is 0. The molecule has 6 heteroatoms. The lowest BCUT2D eigenvalue weighted by molar-refractivity contribution is 0.0856. The van der Waals surface area contributed by atoms with Crippen molar-refractivity contribution >= 4 is 22.8 Å². The Morgan fingerprint density at radius 1 is 0.806 bits per heavy atom. The lowest BCUT2D eigenvalue weighted by atomic mass is 10.1. The van der Waals surface area contributed by atoms with E-state index in [9.17, 15) is 4.39 Å². The fourth-order valence-corrected chi connectivity index (χ4v) is 3.55. The number of allylic oxidation sites excluding steroid dienone is 11. The molecule has 5 heterocycles. The van der Waals surface area contributed by atoms with Gasteiger partial charge in [-0.1, -0.05) is 0 Å². The van der Waals surface area contributed by atoms with Gasteiger partial charge in [-0.05, 0) is 80.2 Å². The van der Waals surface area contributed by atoms with Gasteiger partial charge in [0, 0.05) is 12.2 Å². The predicted octanol–water partition coefficient (Wildman–Crippen LogP) is 4.71. The maximum absolute atomic E-state index is 12.5. The Kier molecular flexibility index (Phi) is 4.90. The molecule has 31 heavy (non-hydrogen) atoms. The molecule has 0 amide bonds. The van der Waals surface area contributed by atoms with Crippen LogP contribution >= 0.6 is 0 Å². The molecule has 154 valence electrons. The van der Waals surface area contributed by atoms with Crippen LogP contribution in [-0.2, 0) is 4.74 Å². The van der Waals surface area contributed by atoms with Gasteiger partial charge >= 0.3 is 0 Å². The van der Waals surface area contributed by atoms with E-state index in [1.165, 1.54) is 0 Å². The molecule has 5 aliphatic heterocycles. The van der Waals surface area contributed by atoms with Crippen molar-refractivity contribution in [2.45, 2.75) is 19.4 Å². The smallest absolute Gasteiger partial charge is 0.0916 e. The summed E-state index contributed by atoms with van der Waals surface area (Å²) in [4.78, 5) is 18.6. The Hall–Kier alpha value is -3.51. The molecule has 5 rings (SSSR count). The summed E-state index contributed by atoms with van der Waals surface area (Å²) in [6, 6.07) is 0.280. The van der Waals surface area contributed by atoms with Gasteiger partial charge in [0.25, 0.3) is 0 Å². The molecule has 0 aromatic heterocycles. The normalized spacial score (nSPS) is 22.5. The third-order valence-corrected chi connectivity index (χ3v) is 5.04. The number of hydrogen-bond acceptors (Lipinski definition) is 5. The summed E-state index contributed by atoms with van der Waals surface area (Å²) in [6.45, 7) is 1.71. The van der Waals surface area contributed by atoms with Gasteiger partial charge in [-0.2, -0.15) is 0 Å². The number of alkyl halides is 1. The zero-order valence-electron chi connectivity index (χ0n) is 18.0. The van der Waals surface area contributed by atoms with E-state index >= 15 is 0 Å². The average Bonchev–Trinajstić information content (AvgIpc) is 3.54.